The Morgan fingerprint density at radius 3 is 2.89 bits per heavy atom. The first-order chi connectivity index (χ1) is 18.8. The molecule has 1 aromatic carbocycles. The third kappa shape index (κ3) is 4.92. The molecule has 3 aromatic rings. The van der Waals surface area contributed by atoms with Crippen molar-refractivity contribution in [3.8, 4) is 0 Å². The molecule has 2 saturated carbocycles. The molecule has 2 aliphatic carbocycles. The number of nitrogens with one attached hydrogen (secondary N) is 1. The van der Waals surface area contributed by atoms with E-state index in [0.717, 1.165) is 6.42 Å². The number of rotatable bonds is 10. The molecule has 36 heavy (non-hydrogen) atoms. The van der Waals surface area contributed by atoms with Crippen LogP contribution in [0.1, 0.15) is 54.7 Å². The lowest BCUT2D eigenvalue weighted by Gasteiger charge is -2.17. The fourth-order valence-electron chi connectivity index (χ4n) is 4.30. The molecule has 0 amide bonds. The van der Waals surface area contributed by atoms with Gasteiger partial charge in [0.15, 0.2) is 22.1 Å². The van der Waals surface area contributed by atoms with Crippen LogP contribution in [0, 0.1) is 12.7 Å². The van der Waals surface area contributed by atoms with E-state index in [1.807, 2.05) is 6.92 Å². The van der Waals surface area contributed by atoms with Gasteiger partial charge < -0.3 is 25.4 Å². The molecule has 4 N–H and O–H groups in total. The highest BCUT2D eigenvalue weighted by atomic mass is 32.2. The second kappa shape index (κ2) is 10.5. The maximum Gasteiger partial charge on any atom is 0.191 e. The van der Waals surface area contributed by atoms with Crippen LogP contribution in [0.3, 0.4) is 0 Å². The van der Waals surface area contributed by atoms with Crippen molar-refractivity contribution in [2.75, 3.05) is 24.2 Å². The van der Waals surface area contributed by atoms with Gasteiger partial charge in [0, 0.05) is 25.5 Å². The molecular weight excluding hydrogens is 487 g/mol. The number of aryl methyl sites for hydroxylation is 1. The zero-order valence-corrected chi connectivity index (χ0v) is 20.7. The average molecular weight is 523 g/mol. The van der Waals surface area contributed by atoms with Crippen LogP contribution in [0.15, 0.2) is 23.4 Å². The third-order valence-electron chi connectivity index (χ3n) is 6.33. The van der Waals surface area contributed by atoms with E-state index >= 15 is 0 Å². The van der Waals surface area contributed by atoms with Crippen LogP contribution in [-0.2, 0) is 4.74 Å². The number of benzene rings is 1. The number of hydrogen-bond acceptors (Lipinski definition) is 10. The normalized spacial score (nSPS) is 33.7. The van der Waals surface area contributed by atoms with Crippen LogP contribution in [0.5, 0.6) is 0 Å². The van der Waals surface area contributed by atoms with Gasteiger partial charge in [-0.3, -0.25) is 0 Å². The second-order valence-corrected chi connectivity index (χ2v) is 9.94. The largest absolute Gasteiger partial charge is 0.394 e. The van der Waals surface area contributed by atoms with E-state index in [0.29, 0.717) is 22.0 Å². The Kier molecular flexibility index (Phi) is 6.05. The number of hydrogen-bond donors (Lipinski definition) is 4. The van der Waals surface area contributed by atoms with Gasteiger partial charge in [-0.05, 0) is 37.0 Å². The quantitative estimate of drug-likeness (QED) is 0.231. The smallest absolute Gasteiger partial charge is 0.191 e. The van der Waals surface area contributed by atoms with Crippen molar-refractivity contribution < 1.29 is 29.9 Å². The standard InChI is InChI=1S/C24H31FN6O4S/c1-3-8-36-24-27-22(26-16-10-14(16)13-5-4-12(2)15(25)9-13)19-23(28-24)31(30-29-19)17-11-18(35-7-6-32)21(34)20(17)33/h4-5,9,14,16-18,20-21,32-34H,3,6-8,10-11H2,1-2H3,(H,26,27,28)/t14-,16+,17+,18-,20-,21+/m0/s1/i7D2,14D,16D. The Morgan fingerprint density at radius 1 is 1.31 bits per heavy atom. The van der Waals surface area contributed by atoms with Gasteiger partial charge in [-0.15, -0.1) is 5.10 Å². The Bertz CT molecular complexity index is 1420. The molecule has 2 fully saturated rings. The fraction of sp³-hybridized carbons (Fsp3) is 0.583. The fourth-order valence-corrected chi connectivity index (χ4v) is 5.00. The third-order valence-corrected chi connectivity index (χ3v) is 7.39. The minimum Gasteiger partial charge on any atom is -0.394 e. The maximum absolute atomic E-state index is 14.3. The molecule has 6 atom stereocenters. The zero-order valence-electron chi connectivity index (χ0n) is 23.8. The van der Waals surface area contributed by atoms with Crippen LogP contribution >= 0.6 is 11.8 Å². The summed E-state index contributed by atoms with van der Waals surface area (Å²) in [5, 5.41) is 42.2. The number of anilines is 1. The number of fused-ring (bicyclic) bond motifs is 1. The lowest BCUT2D eigenvalue weighted by atomic mass is 10.1. The molecule has 2 heterocycles. The summed E-state index contributed by atoms with van der Waals surface area (Å²) < 4.78 is 54.0. The molecule has 12 heteroatoms. The summed E-state index contributed by atoms with van der Waals surface area (Å²) in [6.45, 7) is 0.285. The molecular formula is C24H31FN6O4S. The van der Waals surface area contributed by atoms with Crippen molar-refractivity contribution >= 4 is 28.7 Å². The van der Waals surface area contributed by atoms with Gasteiger partial charge in [0.2, 0.25) is 0 Å². The van der Waals surface area contributed by atoms with Gasteiger partial charge in [-0.25, -0.2) is 19.0 Å². The summed E-state index contributed by atoms with van der Waals surface area (Å²) in [6.07, 6.45) is -3.12. The molecule has 0 aliphatic heterocycles. The summed E-state index contributed by atoms with van der Waals surface area (Å²) in [4.78, 5) is 9.10. The Hall–Kier alpha value is -2.38. The number of aliphatic hydroxyl groups is 3. The van der Waals surface area contributed by atoms with Gasteiger partial charge in [-0.2, -0.15) is 0 Å². The Balaban J connectivity index is 1.49. The highest BCUT2D eigenvalue weighted by Crippen LogP contribution is 2.44. The first-order valence-corrected chi connectivity index (χ1v) is 12.8. The van der Waals surface area contributed by atoms with Gasteiger partial charge in [-0.1, -0.05) is 36.0 Å². The molecule has 0 spiro atoms. The van der Waals surface area contributed by atoms with E-state index in [9.17, 15) is 19.7 Å². The molecule has 2 aromatic heterocycles. The van der Waals surface area contributed by atoms with Crippen LogP contribution in [0.4, 0.5) is 10.2 Å². The van der Waals surface area contributed by atoms with Gasteiger partial charge in [0.25, 0.3) is 0 Å². The molecule has 0 saturated heterocycles. The minimum absolute atomic E-state index is 0.0400. The van der Waals surface area contributed by atoms with Gasteiger partial charge >= 0.3 is 0 Å². The minimum atomic E-state index is -2.41. The Labute approximate surface area is 217 Å². The molecule has 0 radical (unpaired) electrons. The Morgan fingerprint density at radius 2 is 2.14 bits per heavy atom. The van der Waals surface area contributed by atoms with E-state index < -0.39 is 55.2 Å². The molecule has 10 nitrogen and oxygen atoms in total. The van der Waals surface area contributed by atoms with E-state index in [1.54, 1.807) is 19.1 Å². The van der Waals surface area contributed by atoms with Gasteiger partial charge in [0.05, 0.1) is 29.4 Å². The lowest BCUT2D eigenvalue weighted by molar-refractivity contribution is -0.0629. The van der Waals surface area contributed by atoms with Gasteiger partial charge in [0.1, 0.15) is 18.0 Å². The van der Waals surface area contributed by atoms with Crippen molar-refractivity contribution in [1.29, 1.82) is 0 Å². The molecule has 2 aliphatic rings. The van der Waals surface area contributed by atoms with Crippen molar-refractivity contribution in [3.63, 3.8) is 0 Å². The van der Waals surface area contributed by atoms with E-state index in [4.69, 9.17) is 10.2 Å². The summed E-state index contributed by atoms with van der Waals surface area (Å²) in [5.74, 6) is -1.03. The number of thioether (sulfide) groups is 1. The summed E-state index contributed by atoms with van der Waals surface area (Å²) in [7, 11) is 0. The second-order valence-electron chi connectivity index (χ2n) is 8.88. The lowest BCUT2D eigenvalue weighted by Crippen LogP contribution is -2.33. The molecule has 5 rings (SSSR count). The highest BCUT2D eigenvalue weighted by Gasteiger charge is 2.45. The van der Waals surface area contributed by atoms with Crippen molar-refractivity contribution in [2.24, 2.45) is 0 Å². The molecule has 194 valence electrons. The molecule has 0 unspecified atom stereocenters. The average Bonchev–Trinajstić information content (AvgIpc) is 3.15. The summed E-state index contributed by atoms with van der Waals surface area (Å²) in [5.41, 5.74) is 1.19. The van der Waals surface area contributed by atoms with Crippen molar-refractivity contribution in [3.05, 3.63) is 35.1 Å². The zero-order chi connectivity index (χ0) is 29.0. The number of ether oxygens (including phenoxy) is 1. The first-order valence-electron chi connectivity index (χ1n) is 13.8. The van der Waals surface area contributed by atoms with E-state index in [1.165, 1.54) is 22.5 Å². The summed E-state index contributed by atoms with van der Waals surface area (Å²) >= 11 is 1.36. The number of aromatic nitrogens is 5. The predicted molar refractivity (Wildman–Crippen MR) is 133 cm³/mol. The number of halogens is 1. The highest BCUT2D eigenvalue weighted by molar-refractivity contribution is 7.99. The molecule has 0 bridgehead atoms. The van der Waals surface area contributed by atoms with E-state index in [-0.39, 0.29) is 29.8 Å². The monoisotopic (exact) mass is 522 g/mol. The van der Waals surface area contributed by atoms with Crippen LogP contribution in [0.2, 0.25) is 0 Å². The maximum atomic E-state index is 14.3. The van der Waals surface area contributed by atoms with Crippen molar-refractivity contribution in [2.45, 2.75) is 74.5 Å². The first kappa shape index (κ1) is 20.7. The number of nitrogens with zero attached hydrogens (tertiary/aromatic N) is 5. The topological polar surface area (TPSA) is 138 Å². The summed E-state index contributed by atoms with van der Waals surface area (Å²) in [6, 6.07) is 2.08. The van der Waals surface area contributed by atoms with E-state index in [2.05, 4.69) is 25.6 Å². The number of aliphatic hydroxyl groups excluding tert-OH is 3. The van der Waals surface area contributed by atoms with Crippen LogP contribution < -0.4 is 5.32 Å². The van der Waals surface area contributed by atoms with Crippen molar-refractivity contribution in [1.82, 2.24) is 25.0 Å². The predicted octanol–water partition coefficient (Wildman–Crippen LogP) is 2.18. The SMILES string of the molecule is [2H]C([2H])(CO)O[C@H]1C[C@@H](n2nnc3c(N[C@]4([2H])C[C@@]4([2H])c4ccc(C)c(F)c4)nc(SCCC)nc32)[C@H](O)[C@@H]1O. The van der Waals surface area contributed by atoms with Crippen LogP contribution in [0.25, 0.3) is 11.2 Å². The van der Waals surface area contributed by atoms with Crippen LogP contribution in [-0.4, -0.2) is 83.5 Å².